The third-order valence-electron chi connectivity index (χ3n) is 9.02. The average Bonchev–Trinajstić information content (AvgIpc) is 3.68. The Morgan fingerprint density at radius 1 is 1.20 bits per heavy atom. The first-order valence-corrected chi connectivity index (χ1v) is 14.8. The van der Waals surface area contributed by atoms with Crippen molar-refractivity contribution in [2.75, 3.05) is 25.0 Å². The van der Waals surface area contributed by atoms with Crippen molar-refractivity contribution < 1.29 is 23.0 Å². The lowest BCUT2D eigenvalue weighted by Crippen LogP contribution is -2.43. The third-order valence-corrected chi connectivity index (χ3v) is 9.02. The van der Waals surface area contributed by atoms with Crippen LogP contribution < -0.4 is 10.1 Å². The SMILES string of the molecule is CCc1c(F)ccc2cc(O)cc(-c3ncc4c(NCc5[nH]ncc5C)nc(OC[C@@]56CCCN5C[C@H](F)C6)nc4c3F)c12. The van der Waals surface area contributed by atoms with Gasteiger partial charge >= 0.3 is 6.01 Å². The van der Waals surface area contributed by atoms with Gasteiger partial charge in [0.25, 0.3) is 0 Å². The molecule has 3 aromatic heterocycles. The van der Waals surface area contributed by atoms with Crippen LogP contribution in [0.2, 0.25) is 0 Å². The van der Waals surface area contributed by atoms with Gasteiger partial charge in [0.05, 0.1) is 29.4 Å². The van der Waals surface area contributed by atoms with Crippen LogP contribution in [0.15, 0.2) is 36.7 Å². The Kier molecular flexibility index (Phi) is 7.03. The highest BCUT2D eigenvalue weighted by atomic mass is 19.1. The van der Waals surface area contributed by atoms with E-state index in [0.717, 1.165) is 30.6 Å². The van der Waals surface area contributed by atoms with E-state index in [4.69, 9.17) is 4.74 Å². The van der Waals surface area contributed by atoms with Gasteiger partial charge in [-0.2, -0.15) is 15.1 Å². The van der Waals surface area contributed by atoms with Crippen LogP contribution in [0.3, 0.4) is 0 Å². The first-order chi connectivity index (χ1) is 21.3. The van der Waals surface area contributed by atoms with Crippen LogP contribution >= 0.6 is 0 Å². The number of anilines is 1. The molecule has 44 heavy (non-hydrogen) atoms. The summed E-state index contributed by atoms with van der Waals surface area (Å²) in [7, 11) is 0. The standard InChI is InChI=1S/C32H32F3N7O2/c1-3-21-24(34)6-5-18-9-20(43)10-22(26(18)21)28-27(35)29-23(13-36-28)30(37-14-25-17(2)12-38-41-25)40-31(39-29)44-16-32-7-4-8-42(32)15-19(33)11-32/h5-6,9-10,12-13,19,43H,3-4,7-8,11,14-16H2,1-2H3,(H,38,41)(H,37,39,40)/t19-,32+/m1/s1. The second-order valence-corrected chi connectivity index (χ2v) is 11.8. The summed E-state index contributed by atoms with van der Waals surface area (Å²) in [5.74, 6) is -0.989. The van der Waals surface area contributed by atoms with Crippen molar-refractivity contribution in [1.29, 1.82) is 0 Å². The van der Waals surface area contributed by atoms with Crippen LogP contribution in [0.1, 0.15) is 43.0 Å². The molecule has 2 aliphatic heterocycles. The second kappa shape index (κ2) is 10.9. The minimum absolute atomic E-state index is 0.0506. The molecule has 5 heterocycles. The van der Waals surface area contributed by atoms with E-state index in [9.17, 15) is 13.9 Å². The van der Waals surface area contributed by atoms with Crippen molar-refractivity contribution in [3.8, 4) is 23.0 Å². The molecule has 2 fully saturated rings. The van der Waals surface area contributed by atoms with Crippen LogP contribution in [0.4, 0.5) is 19.0 Å². The van der Waals surface area contributed by atoms with Crippen molar-refractivity contribution in [1.82, 2.24) is 30.0 Å². The topological polar surface area (TPSA) is 112 Å². The number of nitrogens with zero attached hydrogens (tertiary/aromatic N) is 5. The molecule has 0 amide bonds. The highest BCUT2D eigenvalue weighted by Gasteiger charge is 2.49. The van der Waals surface area contributed by atoms with E-state index in [1.165, 1.54) is 24.4 Å². The minimum Gasteiger partial charge on any atom is -0.508 e. The molecule has 2 aliphatic rings. The Balaban J connectivity index is 1.35. The Hall–Kier alpha value is -4.45. The van der Waals surface area contributed by atoms with Crippen LogP contribution in [0.25, 0.3) is 32.9 Å². The van der Waals surface area contributed by atoms with E-state index in [2.05, 4.69) is 35.4 Å². The second-order valence-electron chi connectivity index (χ2n) is 11.8. The highest BCUT2D eigenvalue weighted by molar-refractivity contribution is 6.01. The first-order valence-electron chi connectivity index (χ1n) is 14.8. The predicted molar refractivity (Wildman–Crippen MR) is 160 cm³/mol. The molecule has 5 aromatic rings. The number of pyridine rings is 1. The number of aromatic amines is 1. The maximum absolute atomic E-state index is 16.6. The quantitative estimate of drug-likeness (QED) is 0.198. The summed E-state index contributed by atoms with van der Waals surface area (Å²) in [6.45, 7) is 5.41. The molecule has 0 aliphatic carbocycles. The van der Waals surface area contributed by atoms with Gasteiger partial charge in [-0.15, -0.1) is 0 Å². The van der Waals surface area contributed by atoms with Gasteiger partial charge < -0.3 is 15.2 Å². The number of fused-ring (bicyclic) bond motifs is 3. The summed E-state index contributed by atoms with van der Waals surface area (Å²) < 4.78 is 52.0. The number of nitrogens with one attached hydrogen (secondary N) is 2. The number of phenolic OH excluding ortho intramolecular Hbond substituents is 1. The fourth-order valence-electron chi connectivity index (χ4n) is 6.83. The number of hydrogen-bond acceptors (Lipinski definition) is 8. The van der Waals surface area contributed by atoms with Crippen LogP contribution in [0.5, 0.6) is 11.8 Å². The number of phenols is 1. The zero-order chi connectivity index (χ0) is 30.6. The number of rotatable bonds is 8. The van der Waals surface area contributed by atoms with Crippen molar-refractivity contribution in [3.63, 3.8) is 0 Å². The molecular weight excluding hydrogens is 571 g/mol. The summed E-state index contributed by atoms with van der Waals surface area (Å²) >= 11 is 0. The van der Waals surface area contributed by atoms with Gasteiger partial charge in [0, 0.05) is 24.7 Å². The van der Waals surface area contributed by atoms with Crippen molar-refractivity contribution in [2.45, 2.75) is 57.8 Å². The van der Waals surface area contributed by atoms with Crippen LogP contribution in [-0.4, -0.2) is 66.6 Å². The molecule has 0 radical (unpaired) electrons. The smallest absolute Gasteiger partial charge is 0.319 e. The Morgan fingerprint density at radius 2 is 2.07 bits per heavy atom. The van der Waals surface area contributed by atoms with Crippen LogP contribution in [0, 0.1) is 18.6 Å². The summed E-state index contributed by atoms with van der Waals surface area (Å²) in [6.07, 6.45) is 4.72. The summed E-state index contributed by atoms with van der Waals surface area (Å²) in [6, 6.07) is 5.74. The normalized spacial score (nSPS) is 20.1. The number of ether oxygens (including phenoxy) is 1. The van der Waals surface area contributed by atoms with E-state index in [0.29, 0.717) is 53.5 Å². The molecule has 0 spiro atoms. The number of benzene rings is 2. The number of aromatic hydroxyl groups is 1. The molecule has 2 aromatic carbocycles. The van der Waals surface area contributed by atoms with E-state index >= 15 is 4.39 Å². The lowest BCUT2D eigenvalue weighted by molar-refractivity contribution is 0.107. The Morgan fingerprint density at radius 3 is 2.86 bits per heavy atom. The number of H-pyrrole nitrogens is 1. The molecule has 0 bridgehead atoms. The van der Waals surface area contributed by atoms with Crippen molar-refractivity contribution >= 4 is 27.5 Å². The summed E-state index contributed by atoms with van der Waals surface area (Å²) in [5, 5.41) is 22.1. The first kappa shape index (κ1) is 28.3. The number of aromatic nitrogens is 5. The molecule has 12 heteroatoms. The Bertz CT molecular complexity index is 1900. The fourth-order valence-corrected chi connectivity index (χ4v) is 6.83. The maximum atomic E-state index is 16.6. The van der Waals surface area contributed by atoms with E-state index < -0.39 is 23.3 Å². The number of hydrogen-bond donors (Lipinski definition) is 3. The van der Waals surface area contributed by atoms with Crippen LogP contribution in [-0.2, 0) is 13.0 Å². The van der Waals surface area contributed by atoms with Crippen molar-refractivity contribution in [3.05, 3.63) is 65.1 Å². The molecule has 3 N–H and O–H groups in total. The zero-order valence-electron chi connectivity index (χ0n) is 24.4. The van der Waals surface area contributed by atoms with Gasteiger partial charge in [-0.25, -0.2) is 13.2 Å². The molecule has 228 valence electrons. The van der Waals surface area contributed by atoms with Gasteiger partial charge in [0.15, 0.2) is 5.82 Å². The molecule has 7 rings (SSSR count). The van der Waals surface area contributed by atoms with E-state index in [-0.39, 0.29) is 35.1 Å². The van der Waals surface area contributed by atoms with Gasteiger partial charge in [0.2, 0.25) is 0 Å². The average molecular weight is 604 g/mol. The predicted octanol–water partition coefficient (Wildman–Crippen LogP) is 5.99. The van der Waals surface area contributed by atoms with E-state index in [1.807, 2.05) is 13.8 Å². The Labute approximate surface area is 251 Å². The molecule has 2 atom stereocenters. The molecular formula is C32H32F3N7O2. The minimum atomic E-state index is -0.924. The molecule has 0 saturated carbocycles. The summed E-state index contributed by atoms with van der Waals surface area (Å²) in [4.78, 5) is 15.6. The highest BCUT2D eigenvalue weighted by Crippen LogP contribution is 2.41. The van der Waals surface area contributed by atoms with Gasteiger partial charge in [-0.3, -0.25) is 15.0 Å². The summed E-state index contributed by atoms with van der Waals surface area (Å²) in [5.41, 5.74) is 1.83. The largest absolute Gasteiger partial charge is 0.508 e. The molecule has 9 nitrogen and oxygen atoms in total. The van der Waals surface area contributed by atoms with Gasteiger partial charge in [0.1, 0.15) is 41.4 Å². The van der Waals surface area contributed by atoms with E-state index in [1.54, 1.807) is 12.3 Å². The molecule has 0 unspecified atom stereocenters. The number of aryl methyl sites for hydroxylation is 2. The molecule has 2 saturated heterocycles. The lowest BCUT2D eigenvalue weighted by atomic mass is 9.94. The fraction of sp³-hybridized carbons (Fsp3) is 0.375. The van der Waals surface area contributed by atoms with Gasteiger partial charge in [-0.05, 0) is 72.8 Å². The van der Waals surface area contributed by atoms with Crippen molar-refractivity contribution in [2.24, 2.45) is 0 Å². The maximum Gasteiger partial charge on any atom is 0.319 e. The monoisotopic (exact) mass is 603 g/mol. The number of alkyl halides is 1. The zero-order valence-corrected chi connectivity index (χ0v) is 24.4. The lowest BCUT2D eigenvalue weighted by Gasteiger charge is -2.30. The third kappa shape index (κ3) is 4.77. The van der Waals surface area contributed by atoms with Gasteiger partial charge in [-0.1, -0.05) is 13.0 Å². The number of halogens is 3.